The summed E-state index contributed by atoms with van der Waals surface area (Å²) in [5.74, 6) is -0.0919. The minimum absolute atomic E-state index is 0.0277. The lowest BCUT2D eigenvalue weighted by Crippen LogP contribution is -2.50. The number of anilines is 1. The smallest absolute Gasteiger partial charge is 0.244 e. The monoisotopic (exact) mass is 470 g/mol. The van der Waals surface area contributed by atoms with E-state index < -0.39 is 27.8 Å². The van der Waals surface area contributed by atoms with Gasteiger partial charge in [-0.2, -0.15) is 4.31 Å². The number of methoxy groups -OCH3 is 2. The topological polar surface area (TPSA) is 84.9 Å². The van der Waals surface area contributed by atoms with E-state index in [9.17, 15) is 17.6 Å². The van der Waals surface area contributed by atoms with Crippen molar-refractivity contribution >= 4 is 21.6 Å². The van der Waals surface area contributed by atoms with E-state index in [1.54, 1.807) is 18.2 Å². The number of benzene rings is 3. The van der Waals surface area contributed by atoms with E-state index >= 15 is 0 Å². The quantitative estimate of drug-likeness (QED) is 0.595. The summed E-state index contributed by atoms with van der Waals surface area (Å²) in [7, 11) is -1.08. The molecule has 1 aliphatic rings. The lowest BCUT2D eigenvalue weighted by Gasteiger charge is -2.35. The second-order valence-corrected chi connectivity index (χ2v) is 9.44. The van der Waals surface area contributed by atoms with Gasteiger partial charge in [0.25, 0.3) is 0 Å². The van der Waals surface area contributed by atoms with Crippen LogP contribution in [0.3, 0.4) is 0 Å². The predicted octanol–water partition coefficient (Wildman–Crippen LogP) is 3.60. The molecule has 0 radical (unpaired) electrons. The number of halogens is 1. The fourth-order valence-corrected chi connectivity index (χ4v) is 5.42. The standard InChI is InChI=1S/C24H23FN2O5S/c1-31-22-12-9-19(14-23(22)32-2)26-24(28)21-13-16-5-3-4-6-17(16)15-27(21)33(29,30)20-10-7-18(25)8-11-20/h3-12,14,21H,13,15H2,1-2H3,(H,26,28)/t21-/m0/s1. The second kappa shape index (κ2) is 9.21. The molecule has 0 aromatic heterocycles. The van der Waals surface area contributed by atoms with Gasteiger partial charge in [0, 0.05) is 18.3 Å². The lowest BCUT2D eigenvalue weighted by atomic mass is 9.95. The Labute approximate surface area is 191 Å². The molecule has 0 unspecified atom stereocenters. The minimum Gasteiger partial charge on any atom is -0.493 e. The molecule has 0 saturated heterocycles. The number of nitrogens with one attached hydrogen (secondary N) is 1. The molecule has 0 saturated carbocycles. The third-order valence-corrected chi connectivity index (χ3v) is 7.45. The molecular formula is C24H23FN2O5S. The first kappa shape index (κ1) is 22.8. The Bertz CT molecular complexity index is 1280. The van der Waals surface area contributed by atoms with Crippen molar-refractivity contribution in [3.8, 4) is 11.5 Å². The number of carbonyl (C=O) groups is 1. The number of carbonyl (C=O) groups excluding carboxylic acids is 1. The highest BCUT2D eigenvalue weighted by atomic mass is 32.2. The number of nitrogens with zero attached hydrogens (tertiary/aromatic N) is 1. The molecule has 7 nitrogen and oxygen atoms in total. The number of ether oxygens (including phenoxy) is 2. The summed E-state index contributed by atoms with van der Waals surface area (Å²) >= 11 is 0. The SMILES string of the molecule is COc1ccc(NC(=O)[C@@H]2Cc3ccccc3CN2S(=O)(=O)c2ccc(F)cc2)cc1OC. The summed E-state index contributed by atoms with van der Waals surface area (Å²) < 4.78 is 51.9. The van der Waals surface area contributed by atoms with Crippen LogP contribution in [0.2, 0.25) is 0 Å². The van der Waals surface area contributed by atoms with Gasteiger partial charge in [-0.05, 0) is 53.9 Å². The number of rotatable bonds is 6. The highest BCUT2D eigenvalue weighted by Crippen LogP contribution is 2.32. The molecule has 1 N–H and O–H groups in total. The van der Waals surface area contributed by atoms with Crippen LogP contribution in [-0.2, 0) is 27.8 Å². The van der Waals surface area contributed by atoms with Crippen LogP contribution in [0.25, 0.3) is 0 Å². The van der Waals surface area contributed by atoms with Gasteiger partial charge in [-0.25, -0.2) is 12.8 Å². The molecule has 1 amide bonds. The zero-order valence-corrected chi connectivity index (χ0v) is 18.9. The Morgan fingerprint density at radius 3 is 2.30 bits per heavy atom. The van der Waals surface area contributed by atoms with E-state index in [0.717, 1.165) is 23.3 Å². The van der Waals surface area contributed by atoms with Crippen LogP contribution >= 0.6 is 0 Å². The second-order valence-electron chi connectivity index (χ2n) is 7.55. The van der Waals surface area contributed by atoms with Crippen LogP contribution in [0.1, 0.15) is 11.1 Å². The maximum absolute atomic E-state index is 13.4. The predicted molar refractivity (Wildman–Crippen MR) is 121 cm³/mol. The average Bonchev–Trinajstić information content (AvgIpc) is 2.83. The summed E-state index contributed by atoms with van der Waals surface area (Å²) in [5, 5.41) is 2.79. The van der Waals surface area contributed by atoms with Gasteiger partial charge in [0.05, 0.1) is 19.1 Å². The third kappa shape index (κ3) is 4.55. The zero-order valence-electron chi connectivity index (χ0n) is 18.1. The normalized spacial score (nSPS) is 16.0. The first-order valence-corrected chi connectivity index (χ1v) is 11.6. The molecule has 3 aromatic rings. The minimum atomic E-state index is -4.07. The Hall–Kier alpha value is -3.43. The lowest BCUT2D eigenvalue weighted by molar-refractivity contribution is -0.120. The Morgan fingerprint density at radius 1 is 0.970 bits per heavy atom. The summed E-state index contributed by atoms with van der Waals surface area (Å²) in [5.41, 5.74) is 2.16. The summed E-state index contributed by atoms with van der Waals surface area (Å²) in [6.07, 6.45) is 0.204. The van der Waals surface area contributed by atoms with Crippen LogP contribution in [0, 0.1) is 5.82 Å². The van der Waals surface area contributed by atoms with Gasteiger partial charge < -0.3 is 14.8 Å². The molecule has 4 rings (SSSR count). The van der Waals surface area contributed by atoms with Crippen molar-refractivity contribution < 1.29 is 27.1 Å². The third-order valence-electron chi connectivity index (χ3n) is 5.58. The summed E-state index contributed by atoms with van der Waals surface area (Å²) in [6, 6.07) is 15.9. The first-order valence-electron chi connectivity index (χ1n) is 10.2. The van der Waals surface area contributed by atoms with Crippen LogP contribution in [-0.4, -0.2) is 38.9 Å². The molecule has 1 atom stereocenters. The molecule has 33 heavy (non-hydrogen) atoms. The van der Waals surface area contributed by atoms with Crippen molar-refractivity contribution in [2.75, 3.05) is 19.5 Å². The van der Waals surface area contributed by atoms with E-state index in [1.807, 2.05) is 24.3 Å². The molecule has 9 heteroatoms. The van der Waals surface area contributed by atoms with Crippen molar-refractivity contribution in [1.82, 2.24) is 4.31 Å². The highest BCUT2D eigenvalue weighted by molar-refractivity contribution is 7.89. The number of amides is 1. The van der Waals surface area contributed by atoms with Crippen LogP contribution in [0.15, 0.2) is 71.6 Å². The van der Waals surface area contributed by atoms with Gasteiger partial charge >= 0.3 is 0 Å². The van der Waals surface area contributed by atoms with Crippen molar-refractivity contribution in [2.24, 2.45) is 0 Å². The fraction of sp³-hybridized carbons (Fsp3) is 0.208. The number of hydrogen-bond acceptors (Lipinski definition) is 5. The largest absolute Gasteiger partial charge is 0.493 e. The van der Waals surface area contributed by atoms with E-state index in [2.05, 4.69) is 5.32 Å². The molecular weight excluding hydrogens is 447 g/mol. The van der Waals surface area contributed by atoms with Crippen LogP contribution in [0.4, 0.5) is 10.1 Å². The van der Waals surface area contributed by atoms with Gasteiger partial charge in [0.1, 0.15) is 11.9 Å². The number of hydrogen-bond donors (Lipinski definition) is 1. The maximum Gasteiger partial charge on any atom is 0.244 e. The van der Waals surface area contributed by atoms with E-state index in [4.69, 9.17) is 9.47 Å². The van der Waals surface area contributed by atoms with Crippen molar-refractivity contribution in [1.29, 1.82) is 0 Å². The molecule has 172 valence electrons. The van der Waals surface area contributed by atoms with Gasteiger partial charge in [-0.3, -0.25) is 4.79 Å². The Kier molecular flexibility index (Phi) is 6.35. The van der Waals surface area contributed by atoms with Gasteiger partial charge in [0.15, 0.2) is 11.5 Å². The van der Waals surface area contributed by atoms with E-state index in [0.29, 0.717) is 17.2 Å². The van der Waals surface area contributed by atoms with Crippen molar-refractivity contribution in [2.45, 2.75) is 23.9 Å². The van der Waals surface area contributed by atoms with Crippen molar-refractivity contribution in [3.63, 3.8) is 0 Å². The molecule has 3 aromatic carbocycles. The summed E-state index contributed by atoms with van der Waals surface area (Å²) in [6.45, 7) is 0.0277. The summed E-state index contributed by atoms with van der Waals surface area (Å²) in [4.78, 5) is 13.2. The molecule has 0 bridgehead atoms. The molecule has 1 aliphatic heterocycles. The van der Waals surface area contributed by atoms with Crippen LogP contribution in [0.5, 0.6) is 11.5 Å². The number of sulfonamides is 1. The average molecular weight is 471 g/mol. The van der Waals surface area contributed by atoms with E-state index in [-0.39, 0.29) is 17.9 Å². The van der Waals surface area contributed by atoms with Crippen molar-refractivity contribution in [3.05, 3.63) is 83.7 Å². The molecule has 0 spiro atoms. The molecule has 0 aliphatic carbocycles. The van der Waals surface area contributed by atoms with E-state index in [1.165, 1.54) is 30.7 Å². The molecule has 0 fully saturated rings. The Morgan fingerprint density at radius 2 is 1.64 bits per heavy atom. The van der Waals surface area contributed by atoms with Crippen LogP contribution < -0.4 is 14.8 Å². The van der Waals surface area contributed by atoms with Gasteiger partial charge in [-0.15, -0.1) is 0 Å². The van der Waals surface area contributed by atoms with Gasteiger partial charge in [0.2, 0.25) is 15.9 Å². The number of fused-ring (bicyclic) bond motifs is 1. The van der Waals surface area contributed by atoms with Gasteiger partial charge in [-0.1, -0.05) is 24.3 Å². The maximum atomic E-state index is 13.4. The highest BCUT2D eigenvalue weighted by Gasteiger charge is 2.39. The zero-order chi connectivity index (χ0) is 23.6. The first-order chi connectivity index (χ1) is 15.8. The Balaban J connectivity index is 1.69. The molecule has 1 heterocycles. The fourth-order valence-electron chi connectivity index (χ4n) is 3.86.